The van der Waals surface area contributed by atoms with Gasteiger partial charge in [-0.15, -0.1) is 0 Å². The highest BCUT2D eigenvalue weighted by Gasteiger charge is 2.17. The van der Waals surface area contributed by atoms with Crippen molar-refractivity contribution in [3.8, 4) is 0 Å². The van der Waals surface area contributed by atoms with Gasteiger partial charge in [0, 0.05) is 18.5 Å². The van der Waals surface area contributed by atoms with Crippen LogP contribution in [-0.4, -0.2) is 22.6 Å². The molecule has 1 fully saturated rings. The molecule has 0 saturated carbocycles. The summed E-state index contributed by atoms with van der Waals surface area (Å²) in [6, 6.07) is 5.90. The molecule has 0 radical (unpaired) electrons. The minimum Gasteiger partial charge on any atom is -0.331 e. The fraction of sp³-hybridized carbons (Fsp3) is 0.500. The molecule has 1 unspecified atom stereocenters. The number of aryl methyl sites for hydroxylation is 1. The number of benzene rings is 1. The topological polar surface area (TPSA) is 29.9 Å². The van der Waals surface area contributed by atoms with E-state index in [0.29, 0.717) is 5.92 Å². The summed E-state index contributed by atoms with van der Waals surface area (Å²) in [5.74, 6) is 1.88. The van der Waals surface area contributed by atoms with E-state index in [9.17, 15) is 0 Å². The Bertz CT molecular complexity index is 555. The number of imidazole rings is 1. The Kier molecular flexibility index (Phi) is 3.27. The van der Waals surface area contributed by atoms with E-state index in [2.05, 4.69) is 16.9 Å². The van der Waals surface area contributed by atoms with Gasteiger partial charge in [0.05, 0.1) is 11.0 Å². The number of rotatable bonds is 2. The third-order valence-electron chi connectivity index (χ3n) is 3.81. The van der Waals surface area contributed by atoms with Gasteiger partial charge in [0.2, 0.25) is 0 Å². The zero-order valence-electron chi connectivity index (χ0n) is 10.6. The molecule has 0 spiro atoms. The third kappa shape index (κ3) is 2.25. The molecule has 96 valence electrons. The van der Waals surface area contributed by atoms with Crippen LogP contribution >= 0.6 is 11.6 Å². The van der Waals surface area contributed by atoms with Crippen LogP contribution < -0.4 is 5.32 Å². The van der Waals surface area contributed by atoms with Crippen molar-refractivity contribution in [2.45, 2.75) is 19.3 Å². The Hall–Kier alpha value is -1.06. The lowest BCUT2D eigenvalue weighted by Gasteiger charge is -2.22. The van der Waals surface area contributed by atoms with Crippen molar-refractivity contribution in [3.05, 3.63) is 29.0 Å². The number of fused-ring (bicyclic) bond motifs is 1. The van der Waals surface area contributed by atoms with E-state index in [1.54, 1.807) is 0 Å². The minimum atomic E-state index is 0.713. The Labute approximate surface area is 112 Å². The molecule has 1 aromatic carbocycles. The van der Waals surface area contributed by atoms with Gasteiger partial charge in [-0.1, -0.05) is 11.6 Å². The quantitative estimate of drug-likeness (QED) is 0.903. The van der Waals surface area contributed by atoms with Gasteiger partial charge in [-0.2, -0.15) is 0 Å². The van der Waals surface area contributed by atoms with E-state index in [-0.39, 0.29) is 0 Å². The molecule has 3 nitrogen and oxygen atoms in total. The van der Waals surface area contributed by atoms with Gasteiger partial charge in [-0.3, -0.25) is 0 Å². The second-order valence-corrected chi connectivity index (χ2v) is 5.57. The van der Waals surface area contributed by atoms with Crippen LogP contribution in [0.4, 0.5) is 0 Å². The number of nitrogens with one attached hydrogen (secondary N) is 1. The molecule has 1 aromatic heterocycles. The summed E-state index contributed by atoms with van der Waals surface area (Å²) >= 11 is 6.04. The second-order valence-electron chi connectivity index (χ2n) is 5.14. The zero-order valence-corrected chi connectivity index (χ0v) is 11.4. The third-order valence-corrected chi connectivity index (χ3v) is 4.04. The van der Waals surface area contributed by atoms with Gasteiger partial charge in [0.1, 0.15) is 5.82 Å². The maximum atomic E-state index is 6.04. The highest BCUT2D eigenvalue weighted by Crippen LogP contribution is 2.22. The standard InChI is InChI=1S/C14H18ClN3/c1-18-13-8-11(15)4-5-12(13)17-14(18)7-10-3-2-6-16-9-10/h4-5,8,10,16H,2-3,6-7,9H2,1H3. The summed E-state index contributed by atoms with van der Waals surface area (Å²) < 4.78 is 2.18. The fourth-order valence-electron chi connectivity index (χ4n) is 2.75. The molecule has 0 aliphatic carbocycles. The summed E-state index contributed by atoms with van der Waals surface area (Å²) in [5.41, 5.74) is 2.17. The average Bonchev–Trinajstić information content (AvgIpc) is 2.68. The molecule has 1 atom stereocenters. The molecule has 3 rings (SSSR count). The van der Waals surface area contributed by atoms with Gasteiger partial charge in [0.25, 0.3) is 0 Å². The number of piperidine rings is 1. The van der Waals surface area contributed by atoms with Gasteiger partial charge in [-0.05, 0) is 50.0 Å². The first kappa shape index (κ1) is 12.0. The van der Waals surface area contributed by atoms with Crippen LogP contribution in [0.5, 0.6) is 0 Å². The number of hydrogen-bond acceptors (Lipinski definition) is 2. The highest BCUT2D eigenvalue weighted by molar-refractivity contribution is 6.31. The molecule has 1 aliphatic heterocycles. The van der Waals surface area contributed by atoms with Crippen molar-refractivity contribution in [2.24, 2.45) is 13.0 Å². The van der Waals surface area contributed by atoms with Crippen molar-refractivity contribution < 1.29 is 0 Å². The van der Waals surface area contributed by atoms with Crippen LogP contribution in [0.2, 0.25) is 5.02 Å². The lowest BCUT2D eigenvalue weighted by atomic mass is 9.96. The molecule has 2 aromatic rings. The van der Waals surface area contributed by atoms with Crippen molar-refractivity contribution in [3.63, 3.8) is 0 Å². The van der Waals surface area contributed by atoms with Crippen LogP contribution in [0.15, 0.2) is 18.2 Å². The number of halogens is 1. The predicted molar refractivity (Wildman–Crippen MR) is 75.0 cm³/mol. The number of nitrogens with zero attached hydrogens (tertiary/aromatic N) is 2. The van der Waals surface area contributed by atoms with Crippen LogP contribution in [-0.2, 0) is 13.5 Å². The SMILES string of the molecule is Cn1c(CC2CCCNC2)nc2ccc(Cl)cc21. The van der Waals surface area contributed by atoms with E-state index in [1.807, 2.05) is 18.2 Å². The van der Waals surface area contributed by atoms with E-state index >= 15 is 0 Å². The molecule has 2 heterocycles. The number of hydrogen-bond donors (Lipinski definition) is 1. The average molecular weight is 264 g/mol. The molecule has 0 bridgehead atoms. The molecule has 1 N–H and O–H groups in total. The van der Waals surface area contributed by atoms with E-state index in [0.717, 1.165) is 35.6 Å². The Balaban J connectivity index is 1.89. The van der Waals surface area contributed by atoms with Crippen molar-refractivity contribution >= 4 is 22.6 Å². The smallest absolute Gasteiger partial charge is 0.109 e. The van der Waals surface area contributed by atoms with Crippen LogP contribution in [0.25, 0.3) is 11.0 Å². The van der Waals surface area contributed by atoms with Crippen LogP contribution in [0.3, 0.4) is 0 Å². The summed E-state index contributed by atoms with van der Waals surface area (Å²) in [6.07, 6.45) is 3.63. The number of aromatic nitrogens is 2. The maximum Gasteiger partial charge on any atom is 0.109 e. The molecule has 1 saturated heterocycles. The molecule has 1 aliphatic rings. The largest absolute Gasteiger partial charge is 0.331 e. The molecule has 18 heavy (non-hydrogen) atoms. The van der Waals surface area contributed by atoms with Crippen molar-refractivity contribution in [2.75, 3.05) is 13.1 Å². The van der Waals surface area contributed by atoms with Crippen molar-refractivity contribution in [1.29, 1.82) is 0 Å². The monoisotopic (exact) mass is 263 g/mol. The minimum absolute atomic E-state index is 0.713. The molecule has 4 heteroatoms. The van der Waals surface area contributed by atoms with Gasteiger partial charge in [-0.25, -0.2) is 4.98 Å². The first-order valence-corrected chi connectivity index (χ1v) is 6.93. The van der Waals surface area contributed by atoms with Gasteiger partial charge < -0.3 is 9.88 Å². The second kappa shape index (κ2) is 4.90. The lowest BCUT2D eigenvalue weighted by Crippen LogP contribution is -2.31. The summed E-state index contributed by atoms with van der Waals surface area (Å²) in [6.45, 7) is 2.28. The lowest BCUT2D eigenvalue weighted by molar-refractivity contribution is 0.368. The van der Waals surface area contributed by atoms with E-state index < -0.39 is 0 Å². The van der Waals surface area contributed by atoms with Crippen molar-refractivity contribution in [1.82, 2.24) is 14.9 Å². The van der Waals surface area contributed by atoms with Crippen LogP contribution in [0, 0.1) is 5.92 Å². The summed E-state index contributed by atoms with van der Waals surface area (Å²) in [5, 5.41) is 4.23. The molecule has 0 amide bonds. The summed E-state index contributed by atoms with van der Waals surface area (Å²) in [7, 11) is 2.08. The first-order valence-electron chi connectivity index (χ1n) is 6.55. The normalized spacial score (nSPS) is 20.4. The zero-order chi connectivity index (χ0) is 12.5. The van der Waals surface area contributed by atoms with Gasteiger partial charge >= 0.3 is 0 Å². The maximum absolute atomic E-state index is 6.04. The Morgan fingerprint density at radius 1 is 1.50 bits per heavy atom. The summed E-state index contributed by atoms with van der Waals surface area (Å²) in [4.78, 5) is 4.72. The van der Waals surface area contributed by atoms with Crippen LogP contribution in [0.1, 0.15) is 18.7 Å². The van der Waals surface area contributed by atoms with Gasteiger partial charge in [0.15, 0.2) is 0 Å². The Morgan fingerprint density at radius 3 is 3.17 bits per heavy atom. The first-order chi connectivity index (χ1) is 8.74. The Morgan fingerprint density at radius 2 is 2.39 bits per heavy atom. The fourth-order valence-corrected chi connectivity index (χ4v) is 2.92. The molecular formula is C14H18ClN3. The predicted octanol–water partition coefficient (Wildman–Crippen LogP) is 2.77. The van der Waals surface area contributed by atoms with E-state index in [1.165, 1.54) is 18.7 Å². The highest BCUT2D eigenvalue weighted by atomic mass is 35.5. The van der Waals surface area contributed by atoms with E-state index in [4.69, 9.17) is 16.6 Å². The molecular weight excluding hydrogens is 246 g/mol.